The number of fused-ring (bicyclic) bond motifs is 1. The summed E-state index contributed by atoms with van der Waals surface area (Å²) in [5.41, 5.74) is 2.42. The van der Waals surface area contributed by atoms with Gasteiger partial charge in [0, 0.05) is 0 Å². The quantitative estimate of drug-likeness (QED) is 0.485. The van der Waals surface area contributed by atoms with E-state index < -0.39 is 0 Å². The Morgan fingerprint density at radius 3 is 2.92 bits per heavy atom. The molecule has 0 bridgehead atoms. The number of hydrogen-bond donors (Lipinski definition) is 1. The summed E-state index contributed by atoms with van der Waals surface area (Å²) >= 11 is 0. The van der Waals surface area contributed by atoms with Crippen molar-refractivity contribution in [1.82, 2.24) is 10.2 Å². The maximum atomic E-state index is 3.99. The first-order valence-corrected chi connectivity index (χ1v) is 4.12. The first kappa shape index (κ1) is 11.4. The second kappa shape index (κ2) is 4.71. The van der Waals surface area contributed by atoms with Crippen LogP contribution in [-0.2, 0) is 0 Å². The molecule has 1 aromatic carbocycles. The van der Waals surface area contributed by atoms with Crippen molar-refractivity contribution in [2.75, 3.05) is 0 Å². The van der Waals surface area contributed by atoms with Gasteiger partial charge < -0.3 is 5.10 Å². The number of H-pyrrole nitrogens is 1. The Bertz CT molecular complexity index is 392. The maximum absolute atomic E-state index is 3.99. The van der Waals surface area contributed by atoms with Gasteiger partial charge in [-0.1, -0.05) is 13.8 Å². The molecule has 3 heteroatoms. The van der Waals surface area contributed by atoms with Gasteiger partial charge in [0.2, 0.25) is 0 Å². The van der Waals surface area contributed by atoms with Gasteiger partial charge in [0.05, 0.1) is 0 Å². The van der Waals surface area contributed by atoms with E-state index in [0.717, 1.165) is 10.9 Å². The molecule has 0 aliphatic rings. The number of aromatic amines is 1. The van der Waals surface area contributed by atoms with Crippen LogP contribution in [0.25, 0.3) is 10.9 Å². The third-order valence-electron chi connectivity index (χ3n) is 2.05. The second-order valence-electron chi connectivity index (χ2n) is 3.25. The molecule has 1 N–H and O–H groups in total. The fraction of sp³-hybridized carbons (Fsp3) is 0.300. The molecule has 0 fully saturated rings. The first-order chi connectivity index (χ1) is 5.79. The van der Waals surface area contributed by atoms with E-state index in [0.29, 0.717) is 5.92 Å². The van der Waals surface area contributed by atoms with Crippen LogP contribution in [0.3, 0.4) is 0 Å². The van der Waals surface area contributed by atoms with Gasteiger partial charge in [-0.2, -0.15) is 0 Å². The summed E-state index contributed by atoms with van der Waals surface area (Å²) in [5, 5.41) is 8.05. The van der Waals surface area contributed by atoms with Gasteiger partial charge in [0.1, 0.15) is 0 Å². The van der Waals surface area contributed by atoms with Crippen molar-refractivity contribution in [1.29, 1.82) is 0 Å². The number of nitrogens with one attached hydrogen (secondary N) is 1. The average molecular weight is 198 g/mol. The van der Waals surface area contributed by atoms with Gasteiger partial charge in [-0.05, 0) is 17.6 Å². The van der Waals surface area contributed by atoms with E-state index in [1.165, 1.54) is 5.56 Å². The van der Waals surface area contributed by atoms with Crippen molar-refractivity contribution < 1.29 is 51.4 Å². The molecule has 2 nitrogen and oxygen atoms in total. The van der Waals surface area contributed by atoms with Gasteiger partial charge >= 0.3 is 51.4 Å². The minimum atomic E-state index is 0. The van der Waals surface area contributed by atoms with Crippen LogP contribution >= 0.6 is 0 Å². The molecule has 0 saturated heterocycles. The van der Waals surface area contributed by atoms with Crippen LogP contribution < -0.4 is 51.4 Å². The zero-order valence-electron chi connectivity index (χ0n) is 8.26. The topological polar surface area (TPSA) is 28.7 Å². The third kappa shape index (κ3) is 2.22. The van der Waals surface area contributed by atoms with Gasteiger partial charge in [0.25, 0.3) is 0 Å². The Balaban J connectivity index is 0.000000845. The summed E-state index contributed by atoms with van der Waals surface area (Å²) in [6.07, 6.45) is 1.81. The summed E-state index contributed by atoms with van der Waals surface area (Å²) < 4.78 is 0. The molecule has 0 aliphatic heterocycles. The molecule has 1 aromatic heterocycles. The number of benzene rings is 1. The van der Waals surface area contributed by atoms with E-state index in [1.54, 1.807) is 6.20 Å². The van der Waals surface area contributed by atoms with Crippen LogP contribution in [0.4, 0.5) is 0 Å². The largest absolute Gasteiger partial charge is 1.00 e. The molecule has 0 aliphatic carbocycles. The predicted molar refractivity (Wildman–Crippen MR) is 49.0 cm³/mol. The molecule has 0 unspecified atom stereocenters. The molecule has 2 rings (SSSR count). The van der Waals surface area contributed by atoms with Crippen LogP contribution in [0.2, 0.25) is 0 Å². The van der Waals surface area contributed by atoms with E-state index in [-0.39, 0.29) is 51.4 Å². The molecule has 0 spiro atoms. The van der Waals surface area contributed by atoms with Gasteiger partial charge in [0.15, 0.2) is 0 Å². The van der Waals surface area contributed by atoms with Crippen molar-refractivity contribution in [3.63, 3.8) is 0 Å². The molecule has 0 amide bonds. The molecular weight excluding hydrogens is 187 g/mol. The number of aromatic nitrogens is 2. The zero-order valence-corrected chi connectivity index (χ0v) is 11.4. The van der Waals surface area contributed by atoms with Crippen LogP contribution in [0.5, 0.6) is 0 Å². The van der Waals surface area contributed by atoms with Crippen molar-refractivity contribution in [2.45, 2.75) is 19.8 Å². The molecule has 0 radical (unpaired) electrons. The molecular formula is C10H11KN2. The molecule has 0 saturated carbocycles. The van der Waals surface area contributed by atoms with Gasteiger partial charge in [-0.25, -0.2) is 5.10 Å². The van der Waals surface area contributed by atoms with Crippen molar-refractivity contribution in [3.8, 4) is 0 Å². The second-order valence-corrected chi connectivity index (χ2v) is 3.25. The summed E-state index contributed by atoms with van der Waals surface area (Å²) in [6, 6.07) is 7.17. The van der Waals surface area contributed by atoms with Crippen molar-refractivity contribution in [3.05, 3.63) is 30.0 Å². The average Bonchev–Trinajstić information content (AvgIpc) is 2.49. The predicted octanol–water partition coefficient (Wildman–Crippen LogP) is -0.510. The van der Waals surface area contributed by atoms with Crippen LogP contribution in [-0.4, -0.2) is 10.2 Å². The Kier molecular flexibility index (Phi) is 4.13. The van der Waals surface area contributed by atoms with Gasteiger partial charge in [-0.3, -0.25) is 0 Å². The smallest absolute Gasteiger partial charge is 0.328 e. The van der Waals surface area contributed by atoms with E-state index >= 15 is 0 Å². The minimum Gasteiger partial charge on any atom is -0.328 e. The van der Waals surface area contributed by atoms with E-state index in [9.17, 15) is 0 Å². The molecule has 13 heavy (non-hydrogen) atoms. The molecule has 2 aromatic rings. The minimum absolute atomic E-state index is 0. The first-order valence-electron chi connectivity index (χ1n) is 4.12. The van der Waals surface area contributed by atoms with Crippen LogP contribution in [0, 0.1) is 6.07 Å². The normalized spacial score (nSPS) is 10.4. The van der Waals surface area contributed by atoms with Crippen LogP contribution in [0.1, 0.15) is 25.3 Å². The Hall–Kier alpha value is 0.326. The number of rotatable bonds is 1. The molecule has 62 valence electrons. The van der Waals surface area contributed by atoms with Crippen molar-refractivity contribution >= 4 is 10.9 Å². The standard InChI is InChI=1S/C10H11N2.K/c1-7(2)9-5-3-4-8-6-11-12-10(8)9;/h3,5-7H,1-2H3,(H,11,12);/q-1;+1. The number of hydrogen-bond acceptors (Lipinski definition) is 1. The van der Waals surface area contributed by atoms with E-state index in [4.69, 9.17) is 0 Å². The molecule has 0 atom stereocenters. The third-order valence-corrected chi connectivity index (χ3v) is 2.05. The zero-order chi connectivity index (χ0) is 8.55. The van der Waals surface area contributed by atoms with E-state index in [2.05, 4.69) is 36.2 Å². The number of nitrogens with zero attached hydrogens (tertiary/aromatic N) is 1. The Morgan fingerprint density at radius 1 is 1.46 bits per heavy atom. The monoisotopic (exact) mass is 198 g/mol. The fourth-order valence-corrected chi connectivity index (χ4v) is 1.40. The summed E-state index contributed by atoms with van der Waals surface area (Å²) in [5.74, 6) is 0.530. The SMILES string of the molecule is CC(C)c1cc[c-]c2cn[nH]c12.[K+]. The van der Waals surface area contributed by atoms with Crippen LogP contribution in [0.15, 0.2) is 18.3 Å². The Morgan fingerprint density at radius 2 is 2.23 bits per heavy atom. The summed E-state index contributed by atoms with van der Waals surface area (Å²) in [4.78, 5) is 0. The maximum Gasteiger partial charge on any atom is 1.00 e. The summed E-state index contributed by atoms with van der Waals surface area (Å²) in [6.45, 7) is 4.35. The van der Waals surface area contributed by atoms with Crippen molar-refractivity contribution in [2.24, 2.45) is 0 Å². The molecule has 1 heterocycles. The summed E-state index contributed by atoms with van der Waals surface area (Å²) in [7, 11) is 0. The fourth-order valence-electron chi connectivity index (χ4n) is 1.40. The Labute approximate surface area is 121 Å². The van der Waals surface area contributed by atoms with E-state index in [1.807, 2.05) is 6.07 Å². The van der Waals surface area contributed by atoms with Gasteiger partial charge in [-0.15, -0.1) is 29.1 Å².